The lowest BCUT2D eigenvalue weighted by Crippen LogP contribution is -2.27. The number of hydrogen-bond acceptors (Lipinski definition) is 4. The maximum Gasteiger partial charge on any atom is 0.431 e. The molecule has 0 atom stereocenters. The SMILES string of the molecule is Nc1ncc(Cn2c(C(F)(F)F)cccc2=O)s1. The first-order chi connectivity index (χ1) is 8.38. The highest BCUT2D eigenvalue weighted by Crippen LogP contribution is 2.28. The topological polar surface area (TPSA) is 60.9 Å². The Hall–Kier alpha value is -1.83. The van der Waals surface area contributed by atoms with E-state index in [4.69, 9.17) is 5.73 Å². The van der Waals surface area contributed by atoms with Crippen LogP contribution < -0.4 is 11.3 Å². The summed E-state index contributed by atoms with van der Waals surface area (Å²) in [5.74, 6) is 0. The molecule has 0 amide bonds. The second kappa shape index (κ2) is 4.45. The molecule has 96 valence electrons. The van der Waals surface area contributed by atoms with Crippen LogP contribution in [0, 0.1) is 0 Å². The molecule has 0 aromatic carbocycles. The van der Waals surface area contributed by atoms with Crippen molar-refractivity contribution in [2.45, 2.75) is 12.7 Å². The van der Waals surface area contributed by atoms with E-state index in [0.717, 1.165) is 29.5 Å². The molecular formula is C10H8F3N3OS. The summed E-state index contributed by atoms with van der Waals surface area (Å²) < 4.78 is 38.9. The number of alkyl halides is 3. The van der Waals surface area contributed by atoms with E-state index in [1.165, 1.54) is 6.20 Å². The number of thiazole rings is 1. The fourth-order valence-corrected chi connectivity index (χ4v) is 2.16. The van der Waals surface area contributed by atoms with E-state index in [1.807, 2.05) is 0 Å². The van der Waals surface area contributed by atoms with Gasteiger partial charge in [0.2, 0.25) is 0 Å². The van der Waals surface area contributed by atoms with Crippen molar-refractivity contribution in [1.82, 2.24) is 9.55 Å². The van der Waals surface area contributed by atoms with Crippen molar-refractivity contribution < 1.29 is 13.2 Å². The monoisotopic (exact) mass is 275 g/mol. The van der Waals surface area contributed by atoms with Crippen LogP contribution in [0.4, 0.5) is 18.3 Å². The van der Waals surface area contributed by atoms with Crippen molar-refractivity contribution in [2.24, 2.45) is 0 Å². The molecule has 4 nitrogen and oxygen atoms in total. The molecule has 0 aliphatic heterocycles. The fourth-order valence-electron chi connectivity index (χ4n) is 1.48. The van der Waals surface area contributed by atoms with E-state index in [2.05, 4.69) is 4.98 Å². The Morgan fingerprint density at radius 1 is 1.39 bits per heavy atom. The molecule has 0 spiro atoms. The maximum absolute atomic E-state index is 12.7. The number of hydrogen-bond donors (Lipinski definition) is 1. The van der Waals surface area contributed by atoms with Gasteiger partial charge in [-0.2, -0.15) is 13.2 Å². The molecule has 18 heavy (non-hydrogen) atoms. The summed E-state index contributed by atoms with van der Waals surface area (Å²) in [6.07, 6.45) is -3.21. The Morgan fingerprint density at radius 2 is 2.11 bits per heavy atom. The number of aromatic nitrogens is 2. The second-order valence-electron chi connectivity index (χ2n) is 3.50. The molecule has 0 aliphatic carbocycles. The largest absolute Gasteiger partial charge is 0.431 e. The Kier molecular flexibility index (Phi) is 3.12. The number of nitrogens with two attached hydrogens (primary N) is 1. The van der Waals surface area contributed by atoms with E-state index in [1.54, 1.807) is 0 Å². The van der Waals surface area contributed by atoms with Gasteiger partial charge in [-0.15, -0.1) is 11.3 Å². The molecule has 2 heterocycles. The molecule has 0 unspecified atom stereocenters. The van der Waals surface area contributed by atoms with Gasteiger partial charge in [-0.25, -0.2) is 4.98 Å². The third kappa shape index (κ3) is 2.53. The minimum absolute atomic E-state index is 0.191. The maximum atomic E-state index is 12.7. The summed E-state index contributed by atoms with van der Waals surface area (Å²) in [5.41, 5.74) is 3.70. The van der Waals surface area contributed by atoms with Gasteiger partial charge in [0.15, 0.2) is 5.13 Å². The smallest absolute Gasteiger partial charge is 0.375 e. The van der Waals surface area contributed by atoms with Gasteiger partial charge in [-0.3, -0.25) is 9.36 Å². The van der Waals surface area contributed by atoms with Crippen LogP contribution in [0.2, 0.25) is 0 Å². The number of anilines is 1. The summed E-state index contributed by atoms with van der Waals surface area (Å²) in [5, 5.41) is 0.252. The van der Waals surface area contributed by atoms with Gasteiger partial charge in [-0.05, 0) is 6.07 Å². The molecule has 2 N–H and O–H groups in total. The number of pyridine rings is 1. The van der Waals surface area contributed by atoms with Crippen LogP contribution >= 0.6 is 11.3 Å². The van der Waals surface area contributed by atoms with Crippen LogP contribution in [-0.2, 0) is 12.7 Å². The van der Waals surface area contributed by atoms with Crippen LogP contribution in [-0.4, -0.2) is 9.55 Å². The number of rotatable bonds is 2. The average molecular weight is 275 g/mol. The van der Waals surface area contributed by atoms with E-state index in [0.29, 0.717) is 9.44 Å². The molecule has 0 aliphatic rings. The minimum atomic E-state index is -4.57. The lowest BCUT2D eigenvalue weighted by atomic mass is 10.3. The fraction of sp³-hybridized carbons (Fsp3) is 0.200. The van der Waals surface area contributed by atoms with Crippen LogP contribution in [0.25, 0.3) is 0 Å². The molecule has 0 saturated heterocycles. The predicted octanol–water partition coefficient (Wildman–Crippen LogP) is 1.95. The molecule has 8 heteroatoms. The van der Waals surface area contributed by atoms with Crippen LogP contribution in [0.1, 0.15) is 10.6 Å². The van der Waals surface area contributed by atoms with Gasteiger partial charge in [-0.1, -0.05) is 6.07 Å². The third-order valence-corrected chi connectivity index (χ3v) is 3.04. The molecule has 0 bridgehead atoms. The van der Waals surface area contributed by atoms with Crippen LogP contribution in [0.15, 0.2) is 29.2 Å². The summed E-state index contributed by atoms with van der Waals surface area (Å²) in [7, 11) is 0. The highest BCUT2D eigenvalue weighted by Gasteiger charge is 2.34. The van der Waals surface area contributed by atoms with Crippen LogP contribution in [0.5, 0.6) is 0 Å². The standard InChI is InChI=1S/C10H8F3N3OS/c11-10(12,13)7-2-1-3-8(17)16(7)5-6-4-15-9(14)18-6/h1-4H,5H2,(H2,14,15). The molecule has 2 aromatic rings. The molecule has 2 aromatic heterocycles. The number of halogens is 3. The molecule has 0 fully saturated rings. The Labute approximate surface area is 104 Å². The van der Waals surface area contributed by atoms with Crippen molar-refractivity contribution in [3.63, 3.8) is 0 Å². The molecule has 2 rings (SSSR count). The first-order valence-electron chi connectivity index (χ1n) is 4.85. The quantitative estimate of drug-likeness (QED) is 0.911. The predicted molar refractivity (Wildman–Crippen MR) is 61.3 cm³/mol. The van der Waals surface area contributed by atoms with Gasteiger partial charge in [0.1, 0.15) is 5.69 Å². The zero-order chi connectivity index (χ0) is 13.3. The first-order valence-corrected chi connectivity index (χ1v) is 5.67. The number of nitrogen functional groups attached to an aromatic ring is 1. The van der Waals surface area contributed by atoms with Gasteiger partial charge in [0.05, 0.1) is 6.54 Å². The molecular weight excluding hydrogens is 267 g/mol. The Balaban J connectivity index is 2.47. The van der Waals surface area contributed by atoms with E-state index >= 15 is 0 Å². The molecule has 0 radical (unpaired) electrons. The van der Waals surface area contributed by atoms with Gasteiger partial charge in [0, 0.05) is 17.1 Å². The lowest BCUT2D eigenvalue weighted by Gasteiger charge is -2.13. The van der Waals surface area contributed by atoms with E-state index in [9.17, 15) is 18.0 Å². The van der Waals surface area contributed by atoms with Crippen molar-refractivity contribution in [2.75, 3.05) is 5.73 Å². The highest BCUT2D eigenvalue weighted by molar-refractivity contribution is 7.15. The first kappa shape index (κ1) is 12.6. The zero-order valence-electron chi connectivity index (χ0n) is 8.94. The molecule has 0 saturated carbocycles. The Bertz CT molecular complexity index is 617. The summed E-state index contributed by atoms with van der Waals surface area (Å²) >= 11 is 1.05. The van der Waals surface area contributed by atoms with Crippen molar-refractivity contribution in [3.05, 3.63) is 45.3 Å². The van der Waals surface area contributed by atoms with Gasteiger partial charge in [0.25, 0.3) is 5.56 Å². The zero-order valence-corrected chi connectivity index (χ0v) is 9.76. The van der Waals surface area contributed by atoms with Crippen molar-refractivity contribution in [3.8, 4) is 0 Å². The van der Waals surface area contributed by atoms with Crippen molar-refractivity contribution >= 4 is 16.5 Å². The van der Waals surface area contributed by atoms with E-state index in [-0.39, 0.29) is 11.7 Å². The van der Waals surface area contributed by atoms with E-state index < -0.39 is 17.4 Å². The normalized spacial score (nSPS) is 11.7. The highest BCUT2D eigenvalue weighted by atomic mass is 32.1. The van der Waals surface area contributed by atoms with Crippen molar-refractivity contribution in [1.29, 1.82) is 0 Å². The summed E-state index contributed by atoms with van der Waals surface area (Å²) in [6, 6.07) is 3.04. The van der Waals surface area contributed by atoms with Gasteiger partial charge >= 0.3 is 6.18 Å². The summed E-state index contributed by atoms with van der Waals surface area (Å²) in [4.78, 5) is 15.7. The second-order valence-corrected chi connectivity index (χ2v) is 4.64. The van der Waals surface area contributed by atoms with Gasteiger partial charge < -0.3 is 5.73 Å². The average Bonchev–Trinajstić information content (AvgIpc) is 2.65. The summed E-state index contributed by atoms with van der Waals surface area (Å²) in [6.45, 7) is -0.191. The Morgan fingerprint density at radius 3 is 2.67 bits per heavy atom. The van der Waals surface area contributed by atoms with Crippen LogP contribution in [0.3, 0.4) is 0 Å². The number of nitrogens with zero attached hydrogens (tertiary/aromatic N) is 2. The minimum Gasteiger partial charge on any atom is -0.375 e. The lowest BCUT2D eigenvalue weighted by molar-refractivity contribution is -0.144. The third-order valence-electron chi connectivity index (χ3n) is 2.23.